The van der Waals surface area contributed by atoms with E-state index in [1.54, 1.807) is 6.92 Å². The molecule has 2 unspecified atom stereocenters. The summed E-state index contributed by atoms with van der Waals surface area (Å²) in [6, 6.07) is 0. The third-order valence-corrected chi connectivity index (χ3v) is 3.21. The van der Waals surface area contributed by atoms with Crippen LogP contribution in [0, 0.1) is 5.92 Å². The lowest BCUT2D eigenvalue weighted by molar-refractivity contribution is -1.30. The van der Waals surface area contributed by atoms with Crippen LogP contribution in [0.4, 0.5) is 13.4 Å². The number of halogens is 3. The number of rotatable bonds is 1. The quantitative estimate of drug-likeness (QED) is 0.545. The number of nitrogens with zero attached hydrogens (tertiary/aromatic N) is 1. The topological polar surface area (TPSA) is 0 Å². The number of hydrogen-bond acceptors (Lipinski definition) is 0. The van der Waals surface area contributed by atoms with Gasteiger partial charge in [0, 0.05) is 19.3 Å². The maximum Gasteiger partial charge on any atom is 0.250 e. The minimum atomic E-state index is -3.38. The molecule has 1 rings (SSSR count). The van der Waals surface area contributed by atoms with Gasteiger partial charge in [0.15, 0.2) is 0 Å². The van der Waals surface area contributed by atoms with Crippen LogP contribution in [0.3, 0.4) is 0 Å². The second kappa shape index (κ2) is 2.91. The van der Waals surface area contributed by atoms with Crippen molar-refractivity contribution in [1.29, 1.82) is 0 Å². The molecule has 1 saturated carbocycles. The van der Waals surface area contributed by atoms with Crippen molar-refractivity contribution in [1.82, 2.24) is 0 Å². The van der Waals surface area contributed by atoms with Gasteiger partial charge in [-0.3, -0.25) is 0 Å². The third-order valence-electron chi connectivity index (χ3n) is 3.21. The van der Waals surface area contributed by atoms with E-state index in [9.17, 15) is 13.4 Å². The second-order valence-electron chi connectivity index (χ2n) is 3.95. The summed E-state index contributed by atoms with van der Waals surface area (Å²) in [7, 11) is 0. The van der Waals surface area contributed by atoms with E-state index in [4.69, 9.17) is 0 Å². The normalized spacial score (nSPS) is 38.2. The van der Waals surface area contributed by atoms with Crippen molar-refractivity contribution < 1.29 is 18.6 Å². The second-order valence-corrected chi connectivity index (χ2v) is 3.95. The first-order valence-electron chi connectivity index (χ1n) is 4.36. The fraction of sp³-hybridized carbons (Fsp3) is 1.00. The van der Waals surface area contributed by atoms with Crippen molar-refractivity contribution in [3.05, 3.63) is 0 Å². The van der Waals surface area contributed by atoms with Crippen LogP contribution in [0.1, 0.15) is 39.5 Å². The van der Waals surface area contributed by atoms with E-state index in [0.29, 0.717) is 12.8 Å². The van der Waals surface area contributed by atoms with Gasteiger partial charge in [-0.25, -0.2) is 0 Å². The van der Waals surface area contributed by atoms with Gasteiger partial charge >= 0.3 is 0 Å². The zero-order valence-corrected chi connectivity index (χ0v) is 7.49. The molecule has 1 fully saturated rings. The molecule has 0 aromatic heterocycles. The molecule has 0 bridgehead atoms. The first-order chi connectivity index (χ1) is 5.38. The Morgan fingerprint density at radius 1 is 1.25 bits per heavy atom. The summed E-state index contributed by atoms with van der Waals surface area (Å²) in [5.74, 6) is -0.244. The van der Waals surface area contributed by atoms with Gasteiger partial charge in [-0.15, -0.1) is 0 Å². The van der Waals surface area contributed by atoms with Crippen molar-refractivity contribution in [3.8, 4) is 0 Å². The Labute approximate surface area is 70.6 Å². The molecule has 0 amide bonds. The molecule has 1 aliphatic carbocycles. The predicted molar refractivity (Wildman–Crippen MR) is 39.6 cm³/mol. The summed E-state index contributed by atoms with van der Waals surface area (Å²) in [6.07, 6.45) is 2.63. The molecule has 0 aromatic carbocycles. The van der Waals surface area contributed by atoms with E-state index < -0.39 is 10.7 Å². The van der Waals surface area contributed by atoms with Gasteiger partial charge in [-0.2, -0.15) is 0 Å². The molecule has 0 radical (unpaired) electrons. The van der Waals surface area contributed by atoms with Gasteiger partial charge in [0.2, 0.25) is 10.7 Å². The molecular formula is C8H15F3N+. The molecule has 0 heterocycles. The van der Waals surface area contributed by atoms with Gasteiger partial charge in [-0.1, -0.05) is 13.3 Å². The highest BCUT2D eigenvalue weighted by Gasteiger charge is 2.59. The molecule has 0 spiro atoms. The van der Waals surface area contributed by atoms with E-state index in [1.807, 2.05) is 0 Å². The Morgan fingerprint density at radius 2 is 1.83 bits per heavy atom. The van der Waals surface area contributed by atoms with E-state index in [0.717, 1.165) is 6.42 Å². The fourth-order valence-electron chi connectivity index (χ4n) is 1.87. The minimum Gasteiger partial charge on any atom is -0.0561 e. The SMILES string of the molecule is CC1CCCCC1(C)[N+](F)(F)F. The zero-order chi connectivity index (χ0) is 9.41. The van der Waals surface area contributed by atoms with Crippen molar-refractivity contribution in [2.75, 3.05) is 0 Å². The Kier molecular flexibility index (Phi) is 2.38. The maximum absolute atomic E-state index is 12.5. The van der Waals surface area contributed by atoms with Gasteiger partial charge in [0.1, 0.15) is 0 Å². The van der Waals surface area contributed by atoms with Crippen LogP contribution in [0.2, 0.25) is 0 Å². The molecule has 1 nitrogen and oxygen atoms in total. The highest BCUT2D eigenvalue weighted by molar-refractivity contribution is 4.83. The lowest BCUT2D eigenvalue weighted by atomic mass is 9.75. The zero-order valence-electron chi connectivity index (χ0n) is 7.49. The van der Waals surface area contributed by atoms with Crippen LogP contribution in [-0.4, -0.2) is 10.7 Å². The average Bonchev–Trinajstić information content (AvgIpc) is 1.93. The van der Waals surface area contributed by atoms with Crippen LogP contribution in [-0.2, 0) is 0 Å². The molecule has 0 aliphatic heterocycles. The number of quaternary nitrogens is 1. The van der Waals surface area contributed by atoms with Crippen LogP contribution >= 0.6 is 0 Å². The van der Waals surface area contributed by atoms with Gasteiger partial charge in [0.05, 0.1) is 13.4 Å². The van der Waals surface area contributed by atoms with Crippen LogP contribution in [0.25, 0.3) is 0 Å². The van der Waals surface area contributed by atoms with Crippen molar-refractivity contribution in [2.45, 2.75) is 45.1 Å². The summed E-state index contributed by atoms with van der Waals surface area (Å²) in [5, 5.41) is -3.38. The standard InChI is InChI=1S/C8H15F3N/c1-7-5-3-4-6-8(7,2)12(9,10)11/h7H,3-6H2,1-2H3/q+1. The summed E-state index contributed by atoms with van der Waals surface area (Å²) in [4.78, 5) is 0. The molecule has 0 aromatic rings. The molecule has 72 valence electrons. The Balaban J connectivity index is 2.79. The predicted octanol–water partition coefficient (Wildman–Crippen LogP) is 3.43. The maximum atomic E-state index is 12.5. The van der Waals surface area contributed by atoms with E-state index in [-0.39, 0.29) is 12.3 Å². The molecule has 0 N–H and O–H groups in total. The van der Waals surface area contributed by atoms with Crippen molar-refractivity contribution in [3.63, 3.8) is 0 Å². The van der Waals surface area contributed by atoms with Gasteiger partial charge < -0.3 is 0 Å². The van der Waals surface area contributed by atoms with Crippen LogP contribution in [0.15, 0.2) is 0 Å². The lowest BCUT2D eigenvalue weighted by Gasteiger charge is -2.35. The van der Waals surface area contributed by atoms with E-state index in [2.05, 4.69) is 0 Å². The first kappa shape index (κ1) is 9.84. The largest absolute Gasteiger partial charge is 0.250 e. The summed E-state index contributed by atoms with van der Waals surface area (Å²) < 4.78 is 37.5. The molecule has 1 aliphatic rings. The fourth-order valence-corrected chi connectivity index (χ4v) is 1.87. The van der Waals surface area contributed by atoms with Crippen LogP contribution < -0.4 is 0 Å². The average molecular weight is 182 g/mol. The summed E-state index contributed by atoms with van der Waals surface area (Å²) >= 11 is 0. The number of hydrogen-bond donors (Lipinski definition) is 0. The molecule has 12 heavy (non-hydrogen) atoms. The van der Waals surface area contributed by atoms with Crippen LogP contribution in [0.5, 0.6) is 0 Å². The Morgan fingerprint density at radius 3 is 2.17 bits per heavy atom. The Bertz CT molecular complexity index is 166. The highest BCUT2D eigenvalue weighted by Crippen LogP contribution is 2.44. The molecular weight excluding hydrogens is 167 g/mol. The lowest BCUT2D eigenvalue weighted by Crippen LogP contribution is -2.52. The molecule has 4 heteroatoms. The Hall–Kier alpha value is -0.250. The first-order valence-corrected chi connectivity index (χ1v) is 4.36. The van der Waals surface area contributed by atoms with Crippen molar-refractivity contribution >= 4 is 0 Å². The highest BCUT2D eigenvalue weighted by atomic mass is 19.6. The summed E-state index contributed by atoms with van der Waals surface area (Å²) in [5.41, 5.74) is -1.49. The smallest absolute Gasteiger partial charge is 0.0561 e. The minimum absolute atomic E-state index is 0.244. The molecule has 2 atom stereocenters. The van der Waals surface area contributed by atoms with E-state index in [1.165, 1.54) is 6.92 Å². The monoisotopic (exact) mass is 182 g/mol. The molecule has 0 saturated heterocycles. The third kappa shape index (κ3) is 1.44. The van der Waals surface area contributed by atoms with E-state index >= 15 is 0 Å². The van der Waals surface area contributed by atoms with Crippen molar-refractivity contribution in [2.24, 2.45) is 5.92 Å². The summed E-state index contributed by atoms with van der Waals surface area (Å²) in [6.45, 7) is 3.03. The van der Waals surface area contributed by atoms with Gasteiger partial charge in [-0.05, 0) is 12.8 Å². The van der Waals surface area contributed by atoms with Gasteiger partial charge in [0.25, 0.3) is 0 Å².